The van der Waals surface area contributed by atoms with Crippen LogP contribution in [0.4, 0.5) is 17.1 Å². The van der Waals surface area contributed by atoms with Gasteiger partial charge in [-0.25, -0.2) is 8.42 Å². The highest BCUT2D eigenvalue weighted by atomic mass is 32.2. The number of para-hydroxylation sites is 2. The molecule has 0 saturated carbocycles. The first-order chi connectivity index (χ1) is 14.0. The van der Waals surface area contributed by atoms with Crippen molar-refractivity contribution in [1.29, 1.82) is 0 Å². The molecule has 29 heavy (non-hydrogen) atoms. The number of sulfonamides is 1. The number of nitrogens with one attached hydrogen (secondary N) is 1. The Kier molecular flexibility index (Phi) is 5.36. The zero-order chi connectivity index (χ0) is 20.4. The van der Waals surface area contributed by atoms with Crippen molar-refractivity contribution in [2.24, 2.45) is 0 Å². The molecule has 1 amide bonds. The molecule has 0 spiro atoms. The van der Waals surface area contributed by atoms with Crippen LogP contribution >= 0.6 is 0 Å². The maximum atomic E-state index is 12.8. The Morgan fingerprint density at radius 2 is 1.79 bits per heavy atom. The van der Waals surface area contributed by atoms with Gasteiger partial charge in [0.25, 0.3) is 5.91 Å². The fourth-order valence-electron chi connectivity index (χ4n) is 3.71. The summed E-state index contributed by atoms with van der Waals surface area (Å²) in [6.07, 6.45) is 1.48. The molecule has 1 saturated heterocycles. The number of amides is 1. The van der Waals surface area contributed by atoms with Crippen LogP contribution in [-0.2, 0) is 14.8 Å². The summed E-state index contributed by atoms with van der Waals surface area (Å²) in [6, 6.07) is 14.6. The Morgan fingerprint density at radius 1 is 1.10 bits per heavy atom. The fourth-order valence-corrected chi connectivity index (χ4v) is 4.84. The normalized spacial score (nSPS) is 18.9. The van der Waals surface area contributed by atoms with Crippen LogP contribution in [0.5, 0.6) is 5.75 Å². The molecule has 4 rings (SSSR count). The van der Waals surface area contributed by atoms with Crippen molar-refractivity contribution in [2.75, 3.05) is 39.9 Å². The average Bonchev–Trinajstić information content (AvgIpc) is 3.28. The number of fused-ring (bicyclic) bond motifs is 1. The number of rotatable bonds is 5. The first-order valence-corrected chi connectivity index (χ1v) is 11.5. The summed E-state index contributed by atoms with van der Waals surface area (Å²) in [7, 11) is -3.52. The summed E-state index contributed by atoms with van der Waals surface area (Å²) in [5, 5.41) is 2.85. The van der Waals surface area contributed by atoms with Crippen molar-refractivity contribution in [1.82, 2.24) is 0 Å². The second kappa shape index (κ2) is 7.94. The SMILES string of the molecule is CCS(=O)(=O)N1C[C@@H](C(=O)Nc2ccc(N3CCCC3)cc2)Oc2ccccc21. The summed E-state index contributed by atoms with van der Waals surface area (Å²) in [5.74, 6) is -0.0294. The van der Waals surface area contributed by atoms with Crippen LogP contribution in [0, 0.1) is 0 Å². The van der Waals surface area contributed by atoms with Gasteiger partial charge in [-0.2, -0.15) is 0 Å². The number of hydrogen-bond donors (Lipinski definition) is 1. The Bertz CT molecular complexity index is 985. The number of benzene rings is 2. The third-order valence-electron chi connectivity index (χ3n) is 5.33. The van der Waals surface area contributed by atoms with Crippen LogP contribution in [-0.4, -0.2) is 45.8 Å². The maximum Gasteiger partial charge on any atom is 0.267 e. The Labute approximate surface area is 171 Å². The molecule has 1 fully saturated rings. The van der Waals surface area contributed by atoms with Crippen molar-refractivity contribution in [3.8, 4) is 5.75 Å². The van der Waals surface area contributed by atoms with Crippen LogP contribution in [0.1, 0.15) is 19.8 Å². The third kappa shape index (κ3) is 4.03. The summed E-state index contributed by atoms with van der Waals surface area (Å²) >= 11 is 0. The highest BCUT2D eigenvalue weighted by Crippen LogP contribution is 2.35. The van der Waals surface area contributed by atoms with E-state index in [0.29, 0.717) is 17.1 Å². The maximum absolute atomic E-state index is 12.8. The minimum absolute atomic E-state index is 0.0480. The largest absolute Gasteiger partial charge is 0.476 e. The van der Waals surface area contributed by atoms with E-state index in [1.165, 1.54) is 17.1 Å². The number of anilines is 3. The minimum atomic E-state index is -3.52. The number of carbonyl (C=O) groups is 1. The molecule has 7 nitrogen and oxygen atoms in total. The summed E-state index contributed by atoms with van der Waals surface area (Å²) < 4.78 is 32.2. The van der Waals surface area contributed by atoms with Crippen molar-refractivity contribution >= 4 is 33.0 Å². The van der Waals surface area contributed by atoms with Gasteiger partial charge >= 0.3 is 0 Å². The molecule has 2 aliphatic heterocycles. The Hall–Kier alpha value is -2.74. The fraction of sp³-hybridized carbons (Fsp3) is 0.381. The van der Waals surface area contributed by atoms with Gasteiger partial charge in [-0.3, -0.25) is 9.10 Å². The zero-order valence-electron chi connectivity index (χ0n) is 16.4. The first-order valence-electron chi connectivity index (χ1n) is 9.90. The van der Waals surface area contributed by atoms with Gasteiger partial charge in [-0.1, -0.05) is 12.1 Å². The lowest BCUT2D eigenvalue weighted by Crippen LogP contribution is -2.49. The molecule has 2 aromatic rings. The Balaban J connectivity index is 1.50. The minimum Gasteiger partial charge on any atom is -0.476 e. The van der Waals surface area contributed by atoms with E-state index < -0.39 is 16.1 Å². The van der Waals surface area contributed by atoms with E-state index in [1.807, 2.05) is 24.3 Å². The molecule has 0 aromatic heterocycles. The summed E-state index contributed by atoms with van der Waals surface area (Å²) in [5.41, 5.74) is 2.27. The number of nitrogens with zero attached hydrogens (tertiary/aromatic N) is 2. The molecule has 154 valence electrons. The zero-order valence-corrected chi connectivity index (χ0v) is 17.2. The summed E-state index contributed by atoms with van der Waals surface area (Å²) in [4.78, 5) is 15.1. The monoisotopic (exact) mass is 415 g/mol. The lowest BCUT2D eigenvalue weighted by molar-refractivity contribution is -0.122. The van der Waals surface area contributed by atoms with Gasteiger partial charge in [0.05, 0.1) is 18.0 Å². The highest BCUT2D eigenvalue weighted by molar-refractivity contribution is 7.92. The van der Waals surface area contributed by atoms with Crippen molar-refractivity contribution < 1.29 is 17.9 Å². The molecular formula is C21H25N3O4S. The summed E-state index contributed by atoms with van der Waals surface area (Å²) in [6.45, 7) is 3.65. The predicted octanol–water partition coefficient (Wildman–Crippen LogP) is 2.84. The van der Waals surface area contributed by atoms with Crippen LogP contribution in [0.3, 0.4) is 0 Å². The molecule has 2 heterocycles. The van der Waals surface area contributed by atoms with Crippen molar-refractivity contribution in [3.63, 3.8) is 0 Å². The van der Waals surface area contributed by atoms with E-state index in [4.69, 9.17) is 4.74 Å². The lowest BCUT2D eigenvalue weighted by atomic mass is 10.2. The molecular weight excluding hydrogens is 390 g/mol. The molecule has 2 aliphatic rings. The average molecular weight is 416 g/mol. The molecule has 8 heteroatoms. The van der Waals surface area contributed by atoms with E-state index in [9.17, 15) is 13.2 Å². The first kappa shape index (κ1) is 19.6. The van der Waals surface area contributed by atoms with Crippen molar-refractivity contribution in [2.45, 2.75) is 25.9 Å². The van der Waals surface area contributed by atoms with E-state index in [2.05, 4.69) is 10.2 Å². The molecule has 1 atom stereocenters. The van der Waals surface area contributed by atoms with E-state index in [0.717, 1.165) is 18.8 Å². The van der Waals surface area contributed by atoms with E-state index >= 15 is 0 Å². The topological polar surface area (TPSA) is 79.0 Å². The van der Waals surface area contributed by atoms with Crippen LogP contribution in [0.25, 0.3) is 0 Å². The molecule has 0 unspecified atom stereocenters. The number of carbonyl (C=O) groups excluding carboxylic acids is 1. The number of ether oxygens (including phenoxy) is 1. The van der Waals surface area contributed by atoms with Crippen LogP contribution in [0.2, 0.25) is 0 Å². The Morgan fingerprint density at radius 3 is 2.48 bits per heavy atom. The molecule has 0 aliphatic carbocycles. The standard InChI is InChI=1S/C21H25N3O4S/c1-2-29(26,27)24-15-20(28-19-8-4-3-7-18(19)24)21(25)22-16-9-11-17(12-10-16)23-13-5-6-14-23/h3-4,7-12,20H,2,5-6,13-15H2,1H3,(H,22,25)/t20-/m0/s1. The van der Waals surface area contributed by atoms with Gasteiger partial charge in [-0.15, -0.1) is 0 Å². The molecule has 1 N–H and O–H groups in total. The highest BCUT2D eigenvalue weighted by Gasteiger charge is 2.35. The molecule has 0 radical (unpaired) electrons. The second-order valence-corrected chi connectivity index (χ2v) is 9.42. The molecule has 0 bridgehead atoms. The van der Waals surface area contributed by atoms with Crippen molar-refractivity contribution in [3.05, 3.63) is 48.5 Å². The predicted molar refractivity (Wildman–Crippen MR) is 114 cm³/mol. The number of hydrogen-bond acceptors (Lipinski definition) is 5. The molecule has 2 aromatic carbocycles. The van der Waals surface area contributed by atoms with Gasteiger partial charge < -0.3 is 15.0 Å². The van der Waals surface area contributed by atoms with Gasteiger partial charge in [0.1, 0.15) is 5.75 Å². The van der Waals surface area contributed by atoms with Gasteiger partial charge in [0.2, 0.25) is 10.0 Å². The van der Waals surface area contributed by atoms with Gasteiger partial charge in [0, 0.05) is 24.5 Å². The van der Waals surface area contributed by atoms with Gasteiger partial charge in [-0.05, 0) is 56.2 Å². The quantitative estimate of drug-likeness (QED) is 0.812. The van der Waals surface area contributed by atoms with Crippen LogP contribution < -0.4 is 19.3 Å². The van der Waals surface area contributed by atoms with Gasteiger partial charge in [0.15, 0.2) is 6.10 Å². The van der Waals surface area contributed by atoms with E-state index in [1.54, 1.807) is 31.2 Å². The lowest BCUT2D eigenvalue weighted by Gasteiger charge is -2.34. The van der Waals surface area contributed by atoms with Crippen LogP contribution in [0.15, 0.2) is 48.5 Å². The smallest absolute Gasteiger partial charge is 0.267 e. The second-order valence-electron chi connectivity index (χ2n) is 7.24. The third-order valence-corrected chi connectivity index (χ3v) is 7.08. The van der Waals surface area contributed by atoms with E-state index in [-0.39, 0.29) is 18.2 Å².